The van der Waals surface area contributed by atoms with E-state index in [0.717, 1.165) is 0 Å². The van der Waals surface area contributed by atoms with Crippen LogP contribution in [0.1, 0.15) is 13.8 Å². The van der Waals surface area contributed by atoms with E-state index in [-0.39, 0.29) is 17.4 Å². The number of rotatable bonds is 5. The lowest BCUT2D eigenvalue weighted by Gasteiger charge is -2.20. The normalized spacial score (nSPS) is 12.0. The third kappa shape index (κ3) is 2.96. The second-order valence-electron chi connectivity index (χ2n) is 4.01. The summed E-state index contributed by atoms with van der Waals surface area (Å²) >= 11 is 0. The van der Waals surface area contributed by atoms with Crippen LogP contribution >= 0.6 is 0 Å². The third-order valence-electron chi connectivity index (χ3n) is 2.58. The number of aromatic nitrogens is 2. The van der Waals surface area contributed by atoms with Crippen molar-refractivity contribution in [2.75, 3.05) is 18.9 Å². The monoisotopic (exact) mass is 255 g/mol. The number of hydrogen-bond donors (Lipinski definition) is 1. The van der Waals surface area contributed by atoms with Crippen LogP contribution in [0.15, 0.2) is 6.20 Å². The SMILES string of the molecule is CCN(C)C(=O)C(C)Nc1nn(C)cc1[N+](=O)[O-]. The van der Waals surface area contributed by atoms with Gasteiger partial charge in [0.25, 0.3) is 0 Å². The van der Waals surface area contributed by atoms with Crippen LogP contribution in [0, 0.1) is 10.1 Å². The van der Waals surface area contributed by atoms with Crippen molar-refractivity contribution < 1.29 is 9.72 Å². The lowest BCUT2D eigenvalue weighted by molar-refractivity contribution is -0.384. The summed E-state index contributed by atoms with van der Waals surface area (Å²) in [7, 11) is 3.26. The van der Waals surface area contributed by atoms with Gasteiger partial charge in [-0.3, -0.25) is 19.6 Å². The summed E-state index contributed by atoms with van der Waals surface area (Å²) in [5.74, 6) is -0.0368. The van der Waals surface area contributed by atoms with E-state index in [9.17, 15) is 14.9 Å². The van der Waals surface area contributed by atoms with Gasteiger partial charge in [0, 0.05) is 20.6 Å². The Balaban J connectivity index is 2.84. The second-order valence-corrected chi connectivity index (χ2v) is 4.01. The Morgan fingerprint density at radius 1 is 1.72 bits per heavy atom. The molecule has 1 rings (SSSR count). The van der Waals surface area contributed by atoms with E-state index < -0.39 is 11.0 Å². The van der Waals surface area contributed by atoms with E-state index in [0.29, 0.717) is 6.54 Å². The topological polar surface area (TPSA) is 93.3 Å². The van der Waals surface area contributed by atoms with Crippen LogP contribution in [-0.4, -0.2) is 45.1 Å². The number of anilines is 1. The van der Waals surface area contributed by atoms with E-state index in [4.69, 9.17) is 0 Å². The number of carbonyl (C=O) groups is 1. The number of hydrogen-bond acceptors (Lipinski definition) is 5. The first-order chi connectivity index (χ1) is 8.36. The molecule has 0 aliphatic carbocycles. The van der Waals surface area contributed by atoms with Gasteiger partial charge in [-0.1, -0.05) is 0 Å². The van der Waals surface area contributed by atoms with Gasteiger partial charge in [0.05, 0.1) is 4.92 Å². The summed E-state index contributed by atoms with van der Waals surface area (Å²) < 4.78 is 1.33. The highest BCUT2D eigenvalue weighted by Crippen LogP contribution is 2.22. The maximum absolute atomic E-state index is 11.8. The Kier molecular flexibility index (Phi) is 4.24. The molecular weight excluding hydrogens is 238 g/mol. The van der Waals surface area contributed by atoms with Crippen molar-refractivity contribution in [3.63, 3.8) is 0 Å². The molecule has 8 heteroatoms. The third-order valence-corrected chi connectivity index (χ3v) is 2.58. The molecule has 0 bridgehead atoms. The van der Waals surface area contributed by atoms with E-state index in [1.54, 1.807) is 21.0 Å². The van der Waals surface area contributed by atoms with E-state index in [2.05, 4.69) is 10.4 Å². The van der Waals surface area contributed by atoms with Crippen LogP contribution in [0.3, 0.4) is 0 Å². The molecule has 8 nitrogen and oxygen atoms in total. The summed E-state index contributed by atoms with van der Waals surface area (Å²) in [5, 5.41) is 17.5. The van der Waals surface area contributed by atoms with Crippen molar-refractivity contribution in [2.45, 2.75) is 19.9 Å². The summed E-state index contributed by atoms with van der Waals surface area (Å²) in [6.45, 7) is 4.08. The zero-order valence-corrected chi connectivity index (χ0v) is 10.9. The summed E-state index contributed by atoms with van der Waals surface area (Å²) in [5.41, 5.74) is -0.142. The number of nitrogens with one attached hydrogen (secondary N) is 1. The van der Waals surface area contributed by atoms with Crippen molar-refractivity contribution >= 4 is 17.4 Å². The van der Waals surface area contributed by atoms with Crippen LogP contribution in [0.2, 0.25) is 0 Å². The first kappa shape index (κ1) is 13.9. The van der Waals surface area contributed by atoms with Crippen LogP contribution in [-0.2, 0) is 11.8 Å². The van der Waals surface area contributed by atoms with Gasteiger partial charge in [-0.25, -0.2) is 0 Å². The summed E-state index contributed by atoms with van der Waals surface area (Å²) in [6.07, 6.45) is 1.29. The quantitative estimate of drug-likeness (QED) is 0.614. The summed E-state index contributed by atoms with van der Waals surface area (Å²) in [4.78, 5) is 23.6. The van der Waals surface area contributed by atoms with E-state index in [1.807, 2.05) is 6.92 Å². The first-order valence-corrected chi connectivity index (χ1v) is 5.56. The predicted octanol–water partition coefficient (Wildman–Crippen LogP) is 0.607. The highest BCUT2D eigenvalue weighted by molar-refractivity contribution is 5.84. The van der Waals surface area contributed by atoms with Gasteiger partial charge in [0.1, 0.15) is 12.2 Å². The molecule has 0 radical (unpaired) electrons. The molecule has 0 spiro atoms. The minimum Gasteiger partial charge on any atom is -0.351 e. The molecule has 100 valence electrons. The Labute approximate surface area is 105 Å². The molecule has 1 unspecified atom stereocenters. The highest BCUT2D eigenvalue weighted by atomic mass is 16.6. The number of nitro groups is 1. The van der Waals surface area contributed by atoms with Crippen LogP contribution in [0.5, 0.6) is 0 Å². The second kappa shape index (κ2) is 5.48. The maximum atomic E-state index is 11.8. The molecule has 0 fully saturated rings. The van der Waals surface area contributed by atoms with Crippen LogP contribution < -0.4 is 5.32 Å². The molecular formula is C10H17N5O3. The Hall–Kier alpha value is -2.12. The minimum absolute atomic E-state index is 0.104. The van der Waals surface area contributed by atoms with Gasteiger partial charge >= 0.3 is 5.69 Å². The zero-order valence-electron chi connectivity index (χ0n) is 10.9. The van der Waals surface area contributed by atoms with Crippen molar-refractivity contribution in [3.8, 4) is 0 Å². The van der Waals surface area contributed by atoms with E-state index in [1.165, 1.54) is 15.8 Å². The van der Waals surface area contributed by atoms with Crippen molar-refractivity contribution in [1.82, 2.24) is 14.7 Å². The zero-order chi connectivity index (χ0) is 13.9. The van der Waals surface area contributed by atoms with Gasteiger partial charge in [0.2, 0.25) is 11.7 Å². The highest BCUT2D eigenvalue weighted by Gasteiger charge is 2.23. The molecule has 0 aliphatic rings. The van der Waals surface area contributed by atoms with Gasteiger partial charge in [0.15, 0.2) is 0 Å². The smallest absolute Gasteiger partial charge is 0.330 e. The molecule has 1 amide bonds. The van der Waals surface area contributed by atoms with Gasteiger partial charge in [-0.05, 0) is 13.8 Å². The molecule has 1 aromatic rings. The molecule has 1 N–H and O–H groups in total. The summed E-state index contributed by atoms with van der Waals surface area (Å²) in [6, 6.07) is -0.566. The van der Waals surface area contributed by atoms with Gasteiger partial charge in [-0.2, -0.15) is 0 Å². The predicted molar refractivity (Wildman–Crippen MR) is 66.3 cm³/mol. The van der Waals surface area contributed by atoms with Gasteiger partial charge in [-0.15, -0.1) is 5.10 Å². The molecule has 0 aromatic carbocycles. The Morgan fingerprint density at radius 3 is 2.83 bits per heavy atom. The maximum Gasteiger partial charge on any atom is 0.330 e. The Morgan fingerprint density at radius 2 is 2.33 bits per heavy atom. The number of likely N-dealkylation sites (N-methyl/N-ethyl adjacent to an activating group) is 1. The molecule has 1 aromatic heterocycles. The van der Waals surface area contributed by atoms with Crippen LogP contribution in [0.4, 0.5) is 11.5 Å². The fourth-order valence-electron chi connectivity index (χ4n) is 1.47. The van der Waals surface area contributed by atoms with E-state index >= 15 is 0 Å². The van der Waals surface area contributed by atoms with Crippen molar-refractivity contribution in [2.24, 2.45) is 7.05 Å². The number of nitrogens with zero attached hydrogens (tertiary/aromatic N) is 4. The molecule has 0 aliphatic heterocycles. The average molecular weight is 255 g/mol. The minimum atomic E-state index is -0.566. The lowest BCUT2D eigenvalue weighted by Crippen LogP contribution is -2.39. The van der Waals surface area contributed by atoms with Gasteiger partial charge < -0.3 is 10.2 Å². The molecule has 0 saturated carbocycles. The molecule has 1 heterocycles. The van der Waals surface area contributed by atoms with Crippen molar-refractivity contribution in [1.29, 1.82) is 0 Å². The number of amides is 1. The molecule has 0 saturated heterocycles. The molecule has 18 heavy (non-hydrogen) atoms. The largest absolute Gasteiger partial charge is 0.351 e. The molecule has 1 atom stereocenters. The number of aryl methyl sites for hydroxylation is 1. The lowest BCUT2D eigenvalue weighted by atomic mass is 10.3. The fraction of sp³-hybridized carbons (Fsp3) is 0.600. The standard InChI is InChI=1S/C10H17N5O3/c1-5-13(3)10(16)7(2)11-9-8(15(17)18)6-14(4)12-9/h6-7H,5H2,1-4H3,(H,11,12). The Bertz CT molecular complexity index is 456. The fourth-order valence-corrected chi connectivity index (χ4v) is 1.47. The average Bonchev–Trinajstić information content (AvgIpc) is 2.68. The van der Waals surface area contributed by atoms with Crippen molar-refractivity contribution in [3.05, 3.63) is 16.3 Å². The van der Waals surface area contributed by atoms with Crippen LogP contribution in [0.25, 0.3) is 0 Å². The number of carbonyl (C=O) groups excluding carboxylic acids is 1. The first-order valence-electron chi connectivity index (χ1n) is 5.56.